The van der Waals surface area contributed by atoms with Crippen LogP contribution in [0, 0.1) is 11.7 Å². The highest BCUT2D eigenvalue weighted by Crippen LogP contribution is 2.51. The molecule has 92 valence electrons. The minimum Gasteiger partial charge on any atom is -0.303 e. The third kappa shape index (κ3) is 2.11. The lowest BCUT2D eigenvalue weighted by Crippen LogP contribution is -2.12. The van der Waals surface area contributed by atoms with Gasteiger partial charge in [0.25, 0.3) is 0 Å². The summed E-state index contributed by atoms with van der Waals surface area (Å²) in [4.78, 5) is 10.9. The van der Waals surface area contributed by atoms with Crippen LogP contribution in [0.5, 0.6) is 0 Å². The van der Waals surface area contributed by atoms with Gasteiger partial charge in [0.15, 0.2) is 9.84 Å². The Morgan fingerprint density at radius 2 is 2.12 bits per heavy atom. The highest BCUT2D eigenvalue weighted by molar-refractivity contribution is 7.92. The molecule has 3 nitrogen and oxygen atoms in total. The molecule has 0 amide bonds. The molecule has 0 N–H and O–H groups in total. The average Bonchev–Trinajstić information content (AvgIpc) is 3.04. The number of hydrogen-bond donors (Lipinski definition) is 0. The molecule has 0 unspecified atom stereocenters. The van der Waals surface area contributed by atoms with E-state index in [9.17, 15) is 17.6 Å². The predicted octanol–water partition coefficient (Wildman–Crippen LogP) is 1.54. The van der Waals surface area contributed by atoms with Gasteiger partial charge in [-0.2, -0.15) is 0 Å². The predicted molar refractivity (Wildman–Crippen MR) is 61.9 cm³/mol. The van der Waals surface area contributed by atoms with E-state index in [1.54, 1.807) is 13.0 Å². The van der Waals surface area contributed by atoms with E-state index < -0.39 is 26.8 Å². The monoisotopic (exact) mass is 256 g/mol. The van der Waals surface area contributed by atoms with E-state index in [1.807, 2.05) is 0 Å². The lowest BCUT2D eigenvalue weighted by atomic mass is 10.1. The maximum absolute atomic E-state index is 13.1. The maximum atomic E-state index is 13.1. The van der Waals surface area contributed by atoms with Gasteiger partial charge in [-0.1, -0.05) is 19.1 Å². The van der Waals surface area contributed by atoms with Crippen LogP contribution in [0.4, 0.5) is 4.39 Å². The summed E-state index contributed by atoms with van der Waals surface area (Å²) in [6, 6.07) is 5.79. The molecule has 0 aromatic heterocycles. The van der Waals surface area contributed by atoms with Crippen LogP contribution in [0.15, 0.2) is 24.3 Å². The lowest BCUT2D eigenvalue weighted by molar-refractivity contribution is -0.108. The Morgan fingerprint density at radius 1 is 1.41 bits per heavy atom. The second-order valence-corrected chi connectivity index (χ2v) is 6.66. The van der Waals surface area contributed by atoms with Crippen LogP contribution in [-0.4, -0.2) is 25.7 Å². The first kappa shape index (κ1) is 12.2. The summed E-state index contributed by atoms with van der Waals surface area (Å²) in [6.07, 6.45) is 0.660. The van der Waals surface area contributed by atoms with Crippen molar-refractivity contribution in [1.82, 2.24) is 0 Å². The van der Waals surface area contributed by atoms with Crippen molar-refractivity contribution in [3.63, 3.8) is 0 Å². The van der Waals surface area contributed by atoms with Gasteiger partial charge in [0, 0.05) is 17.6 Å². The first-order chi connectivity index (χ1) is 8.01. The Morgan fingerprint density at radius 3 is 2.65 bits per heavy atom. The fourth-order valence-corrected chi connectivity index (χ4v) is 4.04. The second-order valence-electron chi connectivity index (χ2n) is 4.21. The molecule has 1 aromatic rings. The molecule has 1 saturated carbocycles. The number of hydrogen-bond acceptors (Lipinski definition) is 3. The Bertz CT molecular complexity index is 538. The Hall–Kier alpha value is -1.23. The number of halogens is 1. The van der Waals surface area contributed by atoms with Crippen molar-refractivity contribution in [1.29, 1.82) is 0 Å². The van der Waals surface area contributed by atoms with Crippen LogP contribution in [0.3, 0.4) is 0 Å². The molecule has 0 spiro atoms. The molecule has 0 aliphatic heterocycles. The van der Waals surface area contributed by atoms with E-state index in [1.165, 1.54) is 18.2 Å². The Balaban J connectivity index is 2.33. The summed E-state index contributed by atoms with van der Waals surface area (Å²) in [5, 5.41) is -0.674. The smallest absolute Gasteiger partial charge is 0.154 e. The summed E-state index contributed by atoms with van der Waals surface area (Å²) >= 11 is 0. The molecule has 17 heavy (non-hydrogen) atoms. The SMILES string of the molecule is CCS(=O)(=O)[C@H]1[C@H](C=O)[C@@H]1c1cccc(F)c1. The molecule has 0 bridgehead atoms. The zero-order chi connectivity index (χ0) is 12.6. The largest absolute Gasteiger partial charge is 0.303 e. The van der Waals surface area contributed by atoms with E-state index in [2.05, 4.69) is 0 Å². The quantitative estimate of drug-likeness (QED) is 0.768. The molecule has 0 saturated heterocycles. The van der Waals surface area contributed by atoms with Crippen molar-refractivity contribution in [3.8, 4) is 0 Å². The number of rotatable bonds is 4. The minimum atomic E-state index is -3.25. The Kier molecular flexibility index (Phi) is 3.03. The molecular formula is C12H13FO3S. The normalized spacial score (nSPS) is 27.8. The van der Waals surface area contributed by atoms with Gasteiger partial charge in [-0.05, 0) is 17.7 Å². The maximum Gasteiger partial charge on any atom is 0.154 e. The molecule has 0 heterocycles. The van der Waals surface area contributed by atoms with Gasteiger partial charge in [0.1, 0.15) is 12.1 Å². The van der Waals surface area contributed by atoms with Gasteiger partial charge in [-0.3, -0.25) is 0 Å². The van der Waals surface area contributed by atoms with Crippen LogP contribution >= 0.6 is 0 Å². The van der Waals surface area contributed by atoms with Crippen molar-refractivity contribution >= 4 is 16.1 Å². The van der Waals surface area contributed by atoms with Crippen molar-refractivity contribution < 1.29 is 17.6 Å². The molecule has 2 rings (SSSR count). The number of aldehydes is 1. The molecule has 1 fully saturated rings. The first-order valence-electron chi connectivity index (χ1n) is 5.43. The summed E-state index contributed by atoms with van der Waals surface area (Å²) < 4.78 is 36.5. The third-order valence-electron chi connectivity index (χ3n) is 3.21. The van der Waals surface area contributed by atoms with Crippen LogP contribution in [0.1, 0.15) is 18.4 Å². The van der Waals surface area contributed by atoms with Gasteiger partial charge in [0.2, 0.25) is 0 Å². The van der Waals surface area contributed by atoms with Crippen LogP contribution in [-0.2, 0) is 14.6 Å². The van der Waals surface area contributed by atoms with Gasteiger partial charge < -0.3 is 4.79 Å². The van der Waals surface area contributed by atoms with E-state index in [-0.39, 0.29) is 11.7 Å². The first-order valence-corrected chi connectivity index (χ1v) is 7.15. The molecular weight excluding hydrogens is 243 g/mol. The minimum absolute atomic E-state index is 0.00776. The standard InChI is InChI=1S/C12H13FO3S/c1-2-17(15,16)12-10(7-14)11(12)8-4-3-5-9(13)6-8/h3-7,10-12H,2H2,1H3/t10-,11+,12+/m1/s1. The number of sulfone groups is 1. The van der Waals surface area contributed by atoms with E-state index in [0.29, 0.717) is 11.8 Å². The highest BCUT2D eigenvalue weighted by atomic mass is 32.2. The fraction of sp³-hybridized carbons (Fsp3) is 0.417. The summed E-state index contributed by atoms with van der Waals surface area (Å²) in [5.41, 5.74) is 0.587. The lowest BCUT2D eigenvalue weighted by Gasteiger charge is -2.00. The van der Waals surface area contributed by atoms with Crippen LogP contribution in [0.25, 0.3) is 0 Å². The zero-order valence-electron chi connectivity index (χ0n) is 9.34. The fourth-order valence-electron chi connectivity index (χ4n) is 2.25. The summed E-state index contributed by atoms with van der Waals surface area (Å²) in [7, 11) is -3.25. The molecule has 3 atom stereocenters. The highest BCUT2D eigenvalue weighted by Gasteiger charge is 2.57. The Labute approximate surface area is 99.6 Å². The van der Waals surface area contributed by atoms with E-state index in [4.69, 9.17) is 0 Å². The third-order valence-corrected chi connectivity index (χ3v) is 5.46. The second kappa shape index (κ2) is 4.22. The van der Waals surface area contributed by atoms with Crippen molar-refractivity contribution in [2.75, 3.05) is 5.75 Å². The summed E-state index contributed by atoms with van der Waals surface area (Å²) in [5.74, 6) is -1.31. The summed E-state index contributed by atoms with van der Waals surface area (Å²) in [6.45, 7) is 1.55. The molecule has 1 aliphatic rings. The van der Waals surface area contributed by atoms with Crippen molar-refractivity contribution in [2.45, 2.75) is 18.1 Å². The average molecular weight is 256 g/mol. The van der Waals surface area contributed by atoms with Gasteiger partial charge in [-0.25, -0.2) is 12.8 Å². The van der Waals surface area contributed by atoms with E-state index in [0.717, 1.165) is 0 Å². The number of carbonyl (C=O) groups excluding carboxylic acids is 1. The van der Waals surface area contributed by atoms with Crippen molar-refractivity contribution in [3.05, 3.63) is 35.6 Å². The van der Waals surface area contributed by atoms with Gasteiger partial charge in [-0.15, -0.1) is 0 Å². The molecule has 1 aromatic carbocycles. The van der Waals surface area contributed by atoms with Crippen molar-refractivity contribution in [2.24, 2.45) is 5.92 Å². The van der Waals surface area contributed by atoms with Gasteiger partial charge in [0.05, 0.1) is 5.25 Å². The molecule has 0 radical (unpaired) electrons. The van der Waals surface area contributed by atoms with E-state index >= 15 is 0 Å². The zero-order valence-corrected chi connectivity index (χ0v) is 10.2. The molecule has 5 heteroatoms. The number of benzene rings is 1. The van der Waals surface area contributed by atoms with Crippen LogP contribution < -0.4 is 0 Å². The van der Waals surface area contributed by atoms with Crippen LogP contribution in [0.2, 0.25) is 0 Å². The number of carbonyl (C=O) groups is 1. The molecule has 1 aliphatic carbocycles. The van der Waals surface area contributed by atoms with Gasteiger partial charge >= 0.3 is 0 Å². The topological polar surface area (TPSA) is 51.2 Å².